The van der Waals surface area contributed by atoms with Crippen molar-refractivity contribution >= 4 is 17.7 Å². The molecule has 0 bridgehead atoms. The molecular weight excluding hydrogens is 376 g/mol. The number of H-pyrrole nitrogens is 1. The first-order chi connectivity index (χ1) is 13.8. The molecule has 28 heavy (non-hydrogen) atoms. The number of aromatic nitrogens is 4. The molecule has 0 aromatic carbocycles. The number of nitrogens with one attached hydrogen (secondary N) is 2. The van der Waals surface area contributed by atoms with Gasteiger partial charge in [-0.25, -0.2) is 9.97 Å². The Morgan fingerprint density at radius 2 is 2.18 bits per heavy atom. The van der Waals surface area contributed by atoms with Crippen molar-refractivity contribution in [1.29, 1.82) is 0 Å². The molecule has 3 rings (SSSR count). The van der Waals surface area contributed by atoms with E-state index in [1.54, 1.807) is 6.20 Å². The van der Waals surface area contributed by atoms with Gasteiger partial charge in [0, 0.05) is 25.4 Å². The van der Waals surface area contributed by atoms with Crippen LogP contribution < -0.4 is 10.1 Å². The van der Waals surface area contributed by atoms with Crippen LogP contribution in [-0.4, -0.2) is 63.0 Å². The molecule has 0 aliphatic carbocycles. The van der Waals surface area contributed by atoms with Crippen LogP contribution in [0.3, 0.4) is 0 Å². The first-order valence-electron chi connectivity index (χ1n) is 9.50. The molecule has 0 saturated carbocycles. The fourth-order valence-electron chi connectivity index (χ4n) is 2.91. The summed E-state index contributed by atoms with van der Waals surface area (Å²) in [6.07, 6.45) is 10.9. The highest BCUT2D eigenvalue weighted by atomic mass is 32.2. The van der Waals surface area contributed by atoms with Crippen LogP contribution in [0.4, 0.5) is 0 Å². The number of hydrogen-bond acceptors (Lipinski definition) is 7. The minimum absolute atomic E-state index is 0.0625. The van der Waals surface area contributed by atoms with E-state index in [0.717, 1.165) is 6.54 Å². The number of amides is 1. The average molecular weight is 403 g/mol. The van der Waals surface area contributed by atoms with E-state index in [1.165, 1.54) is 56.0 Å². The Kier molecular flexibility index (Phi) is 8.32. The highest BCUT2D eigenvalue weighted by Crippen LogP contribution is 2.15. The lowest BCUT2D eigenvalue weighted by molar-refractivity contribution is -0.118. The van der Waals surface area contributed by atoms with E-state index in [1.807, 2.05) is 24.3 Å². The van der Waals surface area contributed by atoms with Crippen molar-refractivity contribution in [1.82, 2.24) is 30.4 Å². The van der Waals surface area contributed by atoms with Gasteiger partial charge < -0.3 is 10.1 Å². The topological polar surface area (TPSA) is 96.0 Å². The van der Waals surface area contributed by atoms with Crippen molar-refractivity contribution in [3.63, 3.8) is 0 Å². The smallest absolute Gasteiger partial charge is 0.230 e. The molecule has 1 amide bonds. The molecule has 1 aliphatic rings. The van der Waals surface area contributed by atoms with Crippen LogP contribution in [0.5, 0.6) is 5.88 Å². The number of rotatable bonds is 10. The van der Waals surface area contributed by atoms with E-state index < -0.39 is 0 Å². The van der Waals surface area contributed by atoms with Gasteiger partial charge in [0.05, 0.1) is 5.75 Å². The highest BCUT2D eigenvalue weighted by Gasteiger charge is 2.10. The zero-order valence-corrected chi connectivity index (χ0v) is 16.7. The summed E-state index contributed by atoms with van der Waals surface area (Å²) in [6.45, 7) is 4.17. The monoisotopic (exact) mass is 402 g/mol. The van der Waals surface area contributed by atoms with Crippen LogP contribution in [0.2, 0.25) is 0 Å². The molecule has 1 aliphatic heterocycles. The number of ether oxygens (including phenoxy) is 1. The summed E-state index contributed by atoms with van der Waals surface area (Å²) in [6, 6.07) is 4.05. The molecule has 8 nitrogen and oxygen atoms in total. The first kappa shape index (κ1) is 20.3. The Morgan fingerprint density at radius 3 is 3.00 bits per heavy atom. The van der Waals surface area contributed by atoms with Crippen molar-refractivity contribution < 1.29 is 9.53 Å². The predicted molar refractivity (Wildman–Crippen MR) is 108 cm³/mol. The molecule has 0 spiro atoms. The fraction of sp³-hybridized carbons (Fsp3) is 0.474. The first-order valence-corrected chi connectivity index (χ1v) is 10.5. The lowest BCUT2D eigenvalue weighted by Gasteiger charge is -2.26. The number of likely N-dealkylation sites (tertiary alicyclic amines) is 1. The van der Waals surface area contributed by atoms with Gasteiger partial charge in [-0.05, 0) is 43.6 Å². The summed E-state index contributed by atoms with van der Waals surface area (Å²) in [5, 5.41) is 9.87. The Labute approximate surface area is 169 Å². The third-order valence-electron chi connectivity index (χ3n) is 4.29. The Balaban J connectivity index is 1.30. The van der Waals surface area contributed by atoms with Crippen molar-refractivity contribution in [2.24, 2.45) is 0 Å². The van der Waals surface area contributed by atoms with E-state index >= 15 is 0 Å². The van der Waals surface area contributed by atoms with E-state index in [0.29, 0.717) is 24.2 Å². The Morgan fingerprint density at radius 1 is 1.29 bits per heavy atom. The minimum atomic E-state index is -0.0625. The average Bonchev–Trinajstić information content (AvgIpc) is 3.24. The van der Waals surface area contributed by atoms with Gasteiger partial charge in [0.15, 0.2) is 0 Å². The maximum atomic E-state index is 11.7. The number of pyridine rings is 1. The molecule has 0 unspecified atom stereocenters. The second-order valence-corrected chi connectivity index (χ2v) is 7.44. The number of nitrogens with zero attached hydrogens (tertiary/aromatic N) is 4. The largest absolute Gasteiger partial charge is 0.473 e. The van der Waals surface area contributed by atoms with Gasteiger partial charge in [0.25, 0.3) is 0 Å². The maximum Gasteiger partial charge on any atom is 0.230 e. The van der Waals surface area contributed by atoms with Gasteiger partial charge in [-0.2, -0.15) is 0 Å². The Bertz CT molecular complexity index is 747. The molecule has 9 heteroatoms. The van der Waals surface area contributed by atoms with E-state index in [2.05, 4.69) is 30.4 Å². The summed E-state index contributed by atoms with van der Waals surface area (Å²) in [5.74, 6) is 0.856. The fourth-order valence-corrected chi connectivity index (χ4v) is 3.52. The SMILES string of the molecule is O=C(CSc1nc[nH]n1)NC/C=C\COc1cc(CN2CCCCC2)ccn1. The van der Waals surface area contributed by atoms with Crippen LogP contribution >= 0.6 is 11.8 Å². The molecule has 150 valence electrons. The van der Waals surface area contributed by atoms with Crippen molar-refractivity contribution in [3.8, 4) is 5.88 Å². The third kappa shape index (κ3) is 7.32. The van der Waals surface area contributed by atoms with Crippen LogP contribution in [0, 0.1) is 0 Å². The third-order valence-corrected chi connectivity index (χ3v) is 5.15. The van der Waals surface area contributed by atoms with Crippen LogP contribution in [0.25, 0.3) is 0 Å². The molecule has 1 saturated heterocycles. The van der Waals surface area contributed by atoms with Crippen molar-refractivity contribution in [3.05, 3.63) is 42.4 Å². The molecule has 2 N–H and O–H groups in total. The standard InChI is InChI=1S/C19H26N6O2S/c26-17(14-28-19-22-15-23-24-19)20-7-2-5-11-27-18-12-16(6-8-21-18)13-25-9-3-1-4-10-25/h2,5-6,8,12,15H,1,3-4,7,9-11,13-14H2,(H,20,26)(H,22,23,24)/b5-2-. The lowest BCUT2D eigenvalue weighted by Crippen LogP contribution is -2.29. The summed E-state index contributed by atoms with van der Waals surface area (Å²) >= 11 is 1.29. The molecule has 2 aromatic rings. The van der Waals surface area contributed by atoms with Crippen LogP contribution in [0.15, 0.2) is 42.0 Å². The van der Waals surface area contributed by atoms with Crippen molar-refractivity contribution in [2.75, 3.05) is 32.0 Å². The second kappa shape index (κ2) is 11.5. The zero-order chi connectivity index (χ0) is 19.4. The summed E-state index contributed by atoms with van der Waals surface area (Å²) in [5.41, 5.74) is 1.23. The molecule has 2 aromatic heterocycles. The van der Waals surface area contributed by atoms with Crippen LogP contribution in [-0.2, 0) is 11.3 Å². The highest BCUT2D eigenvalue weighted by molar-refractivity contribution is 7.99. The number of aromatic amines is 1. The van der Waals surface area contributed by atoms with Gasteiger partial charge in [-0.3, -0.25) is 14.8 Å². The minimum Gasteiger partial charge on any atom is -0.473 e. The van der Waals surface area contributed by atoms with Gasteiger partial charge in [0.2, 0.25) is 16.9 Å². The number of piperidine rings is 1. The number of thioether (sulfide) groups is 1. The normalized spacial score (nSPS) is 15.0. The molecular formula is C19H26N6O2S. The quantitative estimate of drug-likeness (QED) is 0.464. The van der Waals surface area contributed by atoms with E-state index in [4.69, 9.17) is 4.74 Å². The summed E-state index contributed by atoms with van der Waals surface area (Å²) < 4.78 is 5.69. The van der Waals surface area contributed by atoms with Crippen molar-refractivity contribution in [2.45, 2.75) is 31.0 Å². The van der Waals surface area contributed by atoms with Gasteiger partial charge in [-0.1, -0.05) is 24.3 Å². The number of carbonyl (C=O) groups is 1. The van der Waals surface area contributed by atoms with Gasteiger partial charge in [0.1, 0.15) is 12.9 Å². The molecule has 0 radical (unpaired) electrons. The van der Waals surface area contributed by atoms with Gasteiger partial charge in [-0.15, -0.1) is 5.10 Å². The van der Waals surface area contributed by atoms with Gasteiger partial charge >= 0.3 is 0 Å². The Hall–Kier alpha value is -2.39. The van der Waals surface area contributed by atoms with Crippen LogP contribution in [0.1, 0.15) is 24.8 Å². The summed E-state index contributed by atoms with van der Waals surface area (Å²) in [4.78, 5) is 22.4. The lowest BCUT2D eigenvalue weighted by atomic mass is 10.1. The second-order valence-electron chi connectivity index (χ2n) is 6.50. The van der Waals surface area contributed by atoms with E-state index in [-0.39, 0.29) is 11.7 Å². The maximum absolute atomic E-state index is 11.7. The number of carbonyl (C=O) groups excluding carboxylic acids is 1. The summed E-state index contributed by atoms with van der Waals surface area (Å²) in [7, 11) is 0. The van der Waals surface area contributed by atoms with E-state index in [9.17, 15) is 4.79 Å². The zero-order valence-electron chi connectivity index (χ0n) is 15.8. The number of hydrogen-bond donors (Lipinski definition) is 2. The molecule has 3 heterocycles. The molecule has 1 fully saturated rings. The predicted octanol–water partition coefficient (Wildman–Crippen LogP) is 2.03. The molecule has 0 atom stereocenters.